The predicted octanol–water partition coefficient (Wildman–Crippen LogP) is 6.19. The fourth-order valence-electron chi connectivity index (χ4n) is 7.16. The number of pyridine rings is 1. The number of hydrogen-bond donors (Lipinski definition) is 1. The molecule has 6 rings (SSSR count). The number of fused-ring (bicyclic) bond motifs is 3. The van der Waals surface area contributed by atoms with Gasteiger partial charge in [-0.25, -0.2) is 0 Å². The summed E-state index contributed by atoms with van der Waals surface area (Å²) in [4.78, 5) is 33.1. The van der Waals surface area contributed by atoms with Crippen LogP contribution >= 0.6 is 0 Å². The van der Waals surface area contributed by atoms with E-state index in [1.165, 1.54) is 18.4 Å². The van der Waals surface area contributed by atoms with Crippen LogP contribution in [0.15, 0.2) is 73.1 Å². The molecule has 3 atom stereocenters. The Hall–Kier alpha value is -3.97. The lowest BCUT2D eigenvalue weighted by atomic mass is 9.86. The molecule has 2 aromatic carbocycles. The Morgan fingerprint density at radius 2 is 1.76 bits per heavy atom. The van der Waals surface area contributed by atoms with Crippen LogP contribution < -0.4 is 10.1 Å². The Labute approximate surface area is 247 Å². The van der Waals surface area contributed by atoms with E-state index in [1.54, 1.807) is 13.3 Å². The highest BCUT2D eigenvalue weighted by molar-refractivity contribution is 6.08. The molecule has 1 amide bonds. The fraction of sp³-hybridized carbons (Fsp3) is 0.400. The van der Waals surface area contributed by atoms with Gasteiger partial charge in [-0.2, -0.15) is 0 Å². The second kappa shape index (κ2) is 12.5. The molecule has 0 spiro atoms. The maximum absolute atomic E-state index is 13.4. The van der Waals surface area contributed by atoms with E-state index in [1.807, 2.05) is 54.7 Å². The Kier molecular flexibility index (Phi) is 8.38. The van der Waals surface area contributed by atoms with E-state index < -0.39 is 0 Å². The van der Waals surface area contributed by atoms with E-state index in [2.05, 4.69) is 38.8 Å². The maximum Gasteiger partial charge on any atom is 0.253 e. The number of aromatic nitrogens is 2. The fourth-order valence-corrected chi connectivity index (χ4v) is 7.16. The van der Waals surface area contributed by atoms with Crippen molar-refractivity contribution in [2.45, 2.75) is 70.6 Å². The summed E-state index contributed by atoms with van der Waals surface area (Å²) in [5, 5.41) is 4.04. The first-order valence-corrected chi connectivity index (χ1v) is 15.2. The Balaban J connectivity index is 1.10. The summed E-state index contributed by atoms with van der Waals surface area (Å²) >= 11 is 0. The third kappa shape index (κ3) is 5.84. The molecular formula is C35H40N4O3. The number of methoxy groups -OCH3 is 1. The molecule has 7 heteroatoms. The molecule has 0 aliphatic carbocycles. The van der Waals surface area contributed by atoms with E-state index in [4.69, 9.17) is 4.74 Å². The van der Waals surface area contributed by atoms with Gasteiger partial charge in [0.1, 0.15) is 11.4 Å². The second-order valence-electron chi connectivity index (χ2n) is 11.9. The molecule has 0 radical (unpaired) electrons. The number of piperidine rings is 1. The smallest absolute Gasteiger partial charge is 0.253 e. The van der Waals surface area contributed by atoms with Crippen LogP contribution in [-0.2, 0) is 13.1 Å². The molecule has 0 saturated carbocycles. The number of Topliss-reactive ketones (excluding diaryl/α,β-unsaturated/α-hetero) is 1. The van der Waals surface area contributed by atoms with E-state index in [9.17, 15) is 9.59 Å². The van der Waals surface area contributed by atoms with Gasteiger partial charge in [-0.05, 0) is 74.3 Å². The lowest BCUT2D eigenvalue weighted by molar-refractivity contribution is 0.0803. The van der Waals surface area contributed by atoms with Crippen molar-refractivity contribution in [1.29, 1.82) is 0 Å². The molecule has 2 aliphatic heterocycles. The zero-order valence-corrected chi connectivity index (χ0v) is 24.6. The van der Waals surface area contributed by atoms with Gasteiger partial charge in [-0.1, -0.05) is 42.5 Å². The normalized spacial score (nSPS) is 20.1. The summed E-state index contributed by atoms with van der Waals surface area (Å²) in [6.45, 7) is 4.38. The number of carbonyl (C=O) groups is 2. The van der Waals surface area contributed by atoms with E-state index in [0.29, 0.717) is 42.2 Å². The number of ether oxygens (including phenoxy) is 1. The van der Waals surface area contributed by atoms with Gasteiger partial charge in [0.25, 0.3) is 5.91 Å². The number of ketones is 1. The SMILES string of the molecule is COc1cccc2c(C(=O)NCc3ccccc3C)cn(CCCN3[C@@H]4CC[C@H]3C[C@@H](CC(=O)c3ccccn3)C4)c12. The molecule has 1 N–H and O–H groups in total. The standard InChI is InChI=1S/C35H40N4O3/c1-24-9-3-4-10-26(24)22-37-35(41)30-23-38(34-29(30)11-7-13-33(34)42-2)17-8-18-39-27-14-15-28(39)20-25(19-27)21-32(40)31-12-5-6-16-36-31/h3-7,9-13,16,23,25,27-28H,8,14-15,17-22H2,1-2H3,(H,37,41)/t25-,27+,28-. The second-order valence-corrected chi connectivity index (χ2v) is 11.9. The van der Waals surface area contributed by atoms with E-state index in [0.717, 1.165) is 54.6 Å². The molecule has 4 aromatic rings. The number of benzene rings is 2. The van der Waals surface area contributed by atoms with Crippen molar-refractivity contribution >= 4 is 22.6 Å². The summed E-state index contributed by atoms with van der Waals surface area (Å²) in [5.74, 6) is 1.31. The lowest BCUT2D eigenvalue weighted by Crippen LogP contribution is -2.43. The van der Waals surface area contributed by atoms with Crippen molar-refractivity contribution in [3.05, 3.63) is 95.4 Å². The third-order valence-electron chi connectivity index (χ3n) is 9.25. The average Bonchev–Trinajstić information content (AvgIpc) is 3.50. The van der Waals surface area contributed by atoms with Crippen LogP contribution in [0.1, 0.15) is 70.5 Å². The van der Waals surface area contributed by atoms with Crippen LogP contribution in [0.5, 0.6) is 5.75 Å². The minimum atomic E-state index is -0.0735. The van der Waals surface area contributed by atoms with Gasteiger partial charge in [-0.15, -0.1) is 0 Å². The Morgan fingerprint density at radius 3 is 2.50 bits per heavy atom. The molecule has 0 unspecified atom stereocenters. The minimum absolute atomic E-state index is 0.0735. The van der Waals surface area contributed by atoms with Crippen LogP contribution in [0.4, 0.5) is 0 Å². The molecule has 42 heavy (non-hydrogen) atoms. The van der Waals surface area contributed by atoms with Crippen LogP contribution in [0.3, 0.4) is 0 Å². The van der Waals surface area contributed by atoms with Crippen molar-refractivity contribution in [3.8, 4) is 5.75 Å². The van der Waals surface area contributed by atoms with Crippen LogP contribution in [0.25, 0.3) is 10.9 Å². The zero-order valence-electron chi connectivity index (χ0n) is 24.6. The highest BCUT2D eigenvalue weighted by Gasteiger charge is 2.40. The van der Waals surface area contributed by atoms with Crippen molar-refractivity contribution in [1.82, 2.24) is 19.8 Å². The minimum Gasteiger partial charge on any atom is -0.495 e. The maximum atomic E-state index is 13.4. The molecule has 2 aliphatic rings. The third-order valence-corrected chi connectivity index (χ3v) is 9.25. The van der Waals surface area contributed by atoms with Crippen molar-refractivity contribution in [2.75, 3.05) is 13.7 Å². The summed E-state index contributed by atoms with van der Waals surface area (Å²) in [6, 6.07) is 20.7. The van der Waals surface area contributed by atoms with Gasteiger partial charge < -0.3 is 14.6 Å². The molecule has 2 aromatic heterocycles. The van der Waals surface area contributed by atoms with Crippen LogP contribution in [0, 0.1) is 12.8 Å². The van der Waals surface area contributed by atoms with Gasteiger partial charge in [0.05, 0.1) is 18.2 Å². The first-order chi connectivity index (χ1) is 20.5. The monoisotopic (exact) mass is 564 g/mol. The van der Waals surface area contributed by atoms with Gasteiger partial charge in [0.2, 0.25) is 0 Å². The number of amides is 1. The number of hydrogen-bond acceptors (Lipinski definition) is 5. The first-order valence-electron chi connectivity index (χ1n) is 15.2. The molecular weight excluding hydrogens is 524 g/mol. The molecule has 7 nitrogen and oxygen atoms in total. The molecule has 2 fully saturated rings. The number of carbonyl (C=O) groups excluding carboxylic acids is 2. The average molecular weight is 565 g/mol. The van der Waals surface area contributed by atoms with Gasteiger partial charge in [-0.3, -0.25) is 19.5 Å². The number of nitrogens with one attached hydrogen (secondary N) is 1. The first kappa shape index (κ1) is 28.2. The van der Waals surface area contributed by atoms with Gasteiger partial charge in [0, 0.05) is 55.9 Å². The molecule has 4 heterocycles. The molecule has 218 valence electrons. The number of rotatable bonds is 11. The predicted molar refractivity (Wildman–Crippen MR) is 165 cm³/mol. The largest absolute Gasteiger partial charge is 0.495 e. The number of nitrogens with zero attached hydrogens (tertiary/aromatic N) is 3. The zero-order chi connectivity index (χ0) is 29.1. The van der Waals surface area contributed by atoms with Crippen LogP contribution in [0.2, 0.25) is 0 Å². The number of aryl methyl sites for hydroxylation is 2. The summed E-state index contributed by atoms with van der Waals surface area (Å²) in [7, 11) is 1.68. The highest BCUT2D eigenvalue weighted by Crippen LogP contribution is 2.40. The number of para-hydroxylation sites is 1. The van der Waals surface area contributed by atoms with Crippen LogP contribution in [-0.4, -0.2) is 51.9 Å². The Morgan fingerprint density at radius 1 is 0.976 bits per heavy atom. The summed E-state index contributed by atoms with van der Waals surface area (Å²) in [5.41, 5.74) is 4.52. The van der Waals surface area contributed by atoms with E-state index >= 15 is 0 Å². The van der Waals surface area contributed by atoms with Gasteiger partial charge >= 0.3 is 0 Å². The molecule has 2 bridgehead atoms. The quantitative estimate of drug-likeness (QED) is 0.220. The van der Waals surface area contributed by atoms with E-state index in [-0.39, 0.29) is 11.7 Å². The lowest BCUT2D eigenvalue weighted by Gasteiger charge is -2.39. The van der Waals surface area contributed by atoms with Crippen molar-refractivity contribution < 1.29 is 14.3 Å². The topological polar surface area (TPSA) is 76.5 Å². The highest BCUT2D eigenvalue weighted by atomic mass is 16.5. The summed E-state index contributed by atoms with van der Waals surface area (Å²) in [6.07, 6.45) is 9.86. The van der Waals surface area contributed by atoms with Crippen molar-refractivity contribution in [3.63, 3.8) is 0 Å². The van der Waals surface area contributed by atoms with Crippen molar-refractivity contribution in [2.24, 2.45) is 5.92 Å². The van der Waals surface area contributed by atoms with Gasteiger partial charge in [0.15, 0.2) is 5.78 Å². The molecule has 2 saturated heterocycles. The Bertz CT molecular complexity index is 1550. The summed E-state index contributed by atoms with van der Waals surface area (Å²) < 4.78 is 7.92.